The maximum absolute atomic E-state index is 2.49. The predicted molar refractivity (Wildman–Crippen MR) is 116 cm³/mol. The fraction of sp³-hybridized carbons (Fsp3) is 0.667. The van der Waals surface area contributed by atoms with Gasteiger partial charge in [-0.25, -0.2) is 0 Å². The lowest BCUT2D eigenvalue weighted by Crippen LogP contribution is -2.14. The molecule has 2 heteroatoms. The second-order valence-electron chi connectivity index (χ2n) is 8.10. The molecule has 0 aliphatic carbocycles. The first-order valence-electron chi connectivity index (χ1n) is 10.9. The first-order chi connectivity index (χ1) is 12.7. The highest BCUT2D eigenvalue weighted by Gasteiger charge is 2.08. The van der Waals surface area contributed by atoms with Gasteiger partial charge in [0.15, 0.2) is 0 Å². The van der Waals surface area contributed by atoms with Crippen LogP contribution in [-0.2, 0) is 13.0 Å². The van der Waals surface area contributed by atoms with E-state index in [1.807, 2.05) is 0 Å². The van der Waals surface area contributed by atoms with Crippen LogP contribution in [0.3, 0.4) is 0 Å². The number of aromatic nitrogens is 1. The standard InChI is InChI=1S/C24H40N2/c1-4-5-6-7-8-9-10-11-12-15-19-26-21-22(18-20-25(2)3)23-16-13-14-17-24(23)26/h13-14,16-17,21H,4-12,15,18-20H2,1-3H3. The molecule has 0 unspecified atom stereocenters. The molecule has 0 fully saturated rings. The summed E-state index contributed by atoms with van der Waals surface area (Å²) in [5, 5.41) is 1.45. The number of aryl methyl sites for hydroxylation is 1. The minimum Gasteiger partial charge on any atom is -0.347 e. The van der Waals surface area contributed by atoms with Crippen molar-refractivity contribution in [3.63, 3.8) is 0 Å². The van der Waals surface area contributed by atoms with Crippen molar-refractivity contribution in [3.8, 4) is 0 Å². The van der Waals surface area contributed by atoms with Gasteiger partial charge in [0, 0.05) is 30.2 Å². The predicted octanol–water partition coefficient (Wildman–Crippen LogP) is 6.67. The average Bonchev–Trinajstić information content (AvgIpc) is 2.99. The van der Waals surface area contributed by atoms with Gasteiger partial charge in [0.05, 0.1) is 0 Å². The molecule has 0 saturated heterocycles. The molecular weight excluding hydrogens is 316 g/mol. The number of nitrogens with zero attached hydrogens (tertiary/aromatic N) is 2. The van der Waals surface area contributed by atoms with Crippen LogP contribution in [0.2, 0.25) is 0 Å². The summed E-state index contributed by atoms with van der Waals surface area (Å²) in [5.41, 5.74) is 2.92. The van der Waals surface area contributed by atoms with Crippen LogP contribution in [0, 0.1) is 0 Å². The van der Waals surface area contributed by atoms with Crippen LogP contribution in [0.1, 0.15) is 76.7 Å². The van der Waals surface area contributed by atoms with Gasteiger partial charge in [-0.2, -0.15) is 0 Å². The number of fused-ring (bicyclic) bond motifs is 1. The third-order valence-electron chi connectivity index (χ3n) is 5.45. The normalized spacial score (nSPS) is 11.7. The van der Waals surface area contributed by atoms with Crippen molar-refractivity contribution in [1.29, 1.82) is 0 Å². The van der Waals surface area contributed by atoms with E-state index in [2.05, 4.69) is 60.9 Å². The molecule has 2 rings (SSSR count). The van der Waals surface area contributed by atoms with Crippen molar-refractivity contribution in [3.05, 3.63) is 36.0 Å². The summed E-state index contributed by atoms with van der Waals surface area (Å²) in [7, 11) is 4.31. The molecule has 0 aliphatic heterocycles. The molecule has 2 nitrogen and oxygen atoms in total. The van der Waals surface area contributed by atoms with Crippen molar-refractivity contribution >= 4 is 10.9 Å². The monoisotopic (exact) mass is 356 g/mol. The number of rotatable bonds is 14. The molecule has 146 valence electrons. The average molecular weight is 357 g/mol. The minimum absolute atomic E-state index is 1.12. The van der Waals surface area contributed by atoms with Crippen molar-refractivity contribution in [2.24, 2.45) is 0 Å². The lowest BCUT2D eigenvalue weighted by molar-refractivity contribution is 0.414. The van der Waals surface area contributed by atoms with E-state index < -0.39 is 0 Å². The van der Waals surface area contributed by atoms with E-state index in [1.165, 1.54) is 87.2 Å². The largest absolute Gasteiger partial charge is 0.347 e. The second kappa shape index (κ2) is 12.2. The summed E-state index contributed by atoms with van der Waals surface area (Å²) in [6.07, 6.45) is 17.6. The number of unbranched alkanes of at least 4 members (excludes halogenated alkanes) is 9. The van der Waals surface area contributed by atoms with E-state index in [4.69, 9.17) is 0 Å². The number of hydrogen-bond acceptors (Lipinski definition) is 1. The Hall–Kier alpha value is -1.28. The van der Waals surface area contributed by atoms with E-state index >= 15 is 0 Å². The molecule has 2 aromatic rings. The molecule has 1 aromatic heterocycles. The number of benzene rings is 1. The molecule has 0 N–H and O–H groups in total. The summed E-state index contributed by atoms with van der Waals surface area (Å²) in [4.78, 5) is 2.27. The topological polar surface area (TPSA) is 8.17 Å². The maximum Gasteiger partial charge on any atom is 0.0483 e. The molecule has 0 saturated carbocycles. The van der Waals surface area contributed by atoms with Crippen LogP contribution in [0.15, 0.2) is 30.5 Å². The molecule has 26 heavy (non-hydrogen) atoms. The Kier molecular flexibility index (Phi) is 9.84. The quantitative estimate of drug-likeness (QED) is 0.343. The number of likely N-dealkylation sites (N-methyl/N-ethyl adjacent to an activating group) is 1. The van der Waals surface area contributed by atoms with Crippen molar-refractivity contribution in [2.75, 3.05) is 20.6 Å². The van der Waals surface area contributed by atoms with Crippen LogP contribution < -0.4 is 0 Å². The smallest absolute Gasteiger partial charge is 0.0483 e. The summed E-state index contributed by atoms with van der Waals surface area (Å²) >= 11 is 0. The zero-order valence-corrected chi connectivity index (χ0v) is 17.5. The maximum atomic E-state index is 2.49. The van der Waals surface area contributed by atoms with E-state index in [0.29, 0.717) is 0 Å². The summed E-state index contributed by atoms with van der Waals surface area (Å²) in [5.74, 6) is 0. The Bertz CT molecular complexity index is 612. The van der Waals surface area contributed by atoms with Crippen LogP contribution in [0.4, 0.5) is 0 Å². The Morgan fingerprint density at radius 3 is 2.08 bits per heavy atom. The lowest BCUT2D eigenvalue weighted by atomic mass is 10.1. The van der Waals surface area contributed by atoms with Crippen molar-refractivity contribution in [1.82, 2.24) is 9.47 Å². The highest BCUT2D eigenvalue weighted by Crippen LogP contribution is 2.23. The number of para-hydroxylation sites is 1. The summed E-state index contributed by atoms with van der Waals surface area (Å²) < 4.78 is 2.49. The summed E-state index contributed by atoms with van der Waals surface area (Å²) in [6, 6.07) is 8.92. The minimum atomic E-state index is 1.12. The molecule has 0 spiro atoms. The molecule has 1 heterocycles. The van der Waals surface area contributed by atoms with E-state index in [9.17, 15) is 0 Å². The highest BCUT2D eigenvalue weighted by atomic mass is 15.0. The van der Waals surface area contributed by atoms with Gasteiger partial charge in [-0.1, -0.05) is 82.9 Å². The van der Waals surface area contributed by atoms with E-state index in [-0.39, 0.29) is 0 Å². The lowest BCUT2D eigenvalue weighted by Gasteiger charge is -2.08. The molecule has 0 amide bonds. The van der Waals surface area contributed by atoms with Crippen molar-refractivity contribution in [2.45, 2.75) is 84.1 Å². The molecule has 1 aromatic carbocycles. The van der Waals surface area contributed by atoms with Gasteiger partial charge >= 0.3 is 0 Å². The molecule has 0 aliphatic rings. The second-order valence-corrected chi connectivity index (χ2v) is 8.10. The van der Waals surface area contributed by atoms with Gasteiger partial charge in [0.2, 0.25) is 0 Å². The van der Waals surface area contributed by atoms with Gasteiger partial charge in [0.1, 0.15) is 0 Å². The van der Waals surface area contributed by atoms with E-state index in [1.54, 1.807) is 0 Å². The Morgan fingerprint density at radius 1 is 0.808 bits per heavy atom. The third kappa shape index (κ3) is 7.15. The summed E-state index contributed by atoms with van der Waals surface area (Å²) in [6.45, 7) is 4.57. The van der Waals surface area contributed by atoms with Gasteiger partial charge < -0.3 is 9.47 Å². The van der Waals surface area contributed by atoms with E-state index in [0.717, 1.165) is 13.0 Å². The van der Waals surface area contributed by atoms with Gasteiger partial charge in [-0.3, -0.25) is 0 Å². The van der Waals surface area contributed by atoms with Crippen LogP contribution in [0.5, 0.6) is 0 Å². The fourth-order valence-electron chi connectivity index (χ4n) is 3.82. The molecule has 0 atom stereocenters. The zero-order chi connectivity index (χ0) is 18.6. The SMILES string of the molecule is CCCCCCCCCCCCn1cc(CCN(C)C)c2ccccc21. The first-order valence-corrected chi connectivity index (χ1v) is 10.9. The van der Waals surface area contributed by atoms with Crippen LogP contribution in [0.25, 0.3) is 10.9 Å². The highest BCUT2D eigenvalue weighted by molar-refractivity contribution is 5.84. The van der Waals surface area contributed by atoms with Crippen LogP contribution in [-0.4, -0.2) is 30.1 Å². The third-order valence-corrected chi connectivity index (χ3v) is 5.45. The molecule has 0 radical (unpaired) electrons. The Morgan fingerprint density at radius 2 is 1.42 bits per heavy atom. The number of hydrogen-bond donors (Lipinski definition) is 0. The van der Waals surface area contributed by atoms with Crippen LogP contribution >= 0.6 is 0 Å². The fourth-order valence-corrected chi connectivity index (χ4v) is 3.82. The molecule has 0 bridgehead atoms. The first kappa shape index (κ1) is 21.0. The van der Waals surface area contributed by atoms with Gasteiger partial charge in [-0.05, 0) is 38.6 Å². The zero-order valence-electron chi connectivity index (χ0n) is 17.5. The Labute approximate surface area is 161 Å². The van der Waals surface area contributed by atoms with Gasteiger partial charge in [0.25, 0.3) is 0 Å². The molecular formula is C24H40N2. The van der Waals surface area contributed by atoms with Gasteiger partial charge in [-0.15, -0.1) is 0 Å². The van der Waals surface area contributed by atoms with Crippen molar-refractivity contribution < 1.29 is 0 Å². The Balaban J connectivity index is 1.71.